The average molecular weight is 171 g/mol. The lowest BCUT2D eigenvalue weighted by Crippen LogP contribution is -2.39. The molecule has 0 bridgehead atoms. The van der Waals surface area contributed by atoms with Gasteiger partial charge >= 0.3 is 0 Å². The molecule has 3 unspecified atom stereocenters. The summed E-state index contributed by atoms with van der Waals surface area (Å²) >= 11 is 0. The fourth-order valence-electron chi connectivity index (χ4n) is 2.02. The molecular weight excluding hydrogens is 150 g/mol. The van der Waals surface area contributed by atoms with Crippen LogP contribution in [0.15, 0.2) is 0 Å². The molecule has 0 radical (unpaired) electrons. The van der Waals surface area contributed by atoms with Crippen LogP contribution < -0.4 is 5.73 Å². The van der Waals surface area contributed by atoms with Gasteiger partial charge < -0.3 is 10.5 Å². The van der Waals surface area contributed by atoms with Crippen molar-refractivity contribution in [2.75, 3.05) is 6.61 Å². The highest BCUT2D eigenvalue weighted by atomic mass is 16.5. The zero-order valence-electron chi connectivity index (χ0n) is 8.42. The van der Waals surface area contributed by atoms with Crippen molar-refractivity contribution in [3.05, 3.63) is 0 Å². The van der Waals surface area contributed by atoms with Crippen LogP contribution in [-0.4, -0.2) is 18.8 Å². The molecule has 0 amide bonds. The van der Waals surface area contributed by atoms with Crippen molar-refractivity contribution in [2.24, 2.45) is 17.6 Å². The Morgan fingerprint density at radius 2 is 2.17 bits per heavy atom. The Hall–Kier alpha value is -0.0800. The van der Waals surface area contributed by atoms with Crippen molar-refractivity contribution in [1.29, 1.82) is 0 Å². The van der Waals surface area contributed by atoms with Crippen LogP contribution in [0.25, 0.3) is 0 Å². The smallest absolute Gasteiger partial charge is 0.0616 e. The number of rotatable bonds is 3. The second kappa shape index (κ2) is 4.24. The van der Waals surface area contributed by atoms with E-state index >= 15 is 0 Å². The van der Waals surface area contributed by atoms with Crippen LogP contribution in [0.2, 0.25) is 0 Å². The molecule has 1 heterocycles. The first kappa shape index (κ1) is 10.0. The molecule has 1 rings (SSSR count). The summed E-state index contributed by atoms with van der Waals surface area (Å²) in [4.78, 5) is 0. The van der Waals surface area contributed by atoms with Crippen molar-refractivity contribution in [1.82, 2.24) is 0 Å². The minimum absolute atomic E-state index is 0.317. The van der Waals surface area contributed by atoms with Crippen molar-refractivity contribution < 1.29 is 4.74 Å². The van der Waals surface area contributed by atoms with E-state index < -0.39 is 0 Å². The van der Waals surface area contributed by atoms with Gasteiger partial charge in [-0.15, -0.1) is 0 Å². The predicted octanol–water partition coefficient (Wildman–Crippen LogP) is 1.78. The summed E-state index contributed by atoms with van der Waals surface area (Å²) < 4.78 is 5.61. The first-order chi connectivity index (χ1) is 5.66. The minimum Gasteiger partial charge on any atom is -0.378 e. The van der Waals surface area contributed by atoms with Gasteiger partial charge in [-0.1, -0.05) is 20.8 Å². The maximum Gasteiger partial charge on any atom is 0.0616 e. The number of ether oxygens (including phenoxy) is 1. The van der Waals surface area contributed by atoms with Gasteiger partial charge in [-0.2, -0.15) is 0 Å². The van der Waals surface area contributed by atoms with E-state index in [1.54, 1.807) is 0 Å². The van der Waals surface area contributed by atoms with Gasteiger partial charge in [-0.05, 0) is 18.8 Å². The van der Waals surface area contributed by atoms with E-state index in [1.165, 1.54) is 0 Å². The normalized spacial score (nSPS) is 32.8. The summed E-state index contributed by atoms with van der Waals surface area (Å²) in [5.74, 6) is 1.17. The van der Waals surface area contributed by atoms with Crippen LogP contribution in [-0.2, 0) is 4.74 Å². The lowest BCUT2D eigenvalue weighted by atomic mass is 9.85. The first-order valence-corrected chi connectivity index (χ1v) is 5.04. The van der Waals surface area contributed by atoms with Crippen molar-refractivity contribution in [3.63, 3.8) is 0 Å². The number of nitrogens with two attached hydrogens (primary N) is 1. The molecule has 0 aromatic heterocycles. The van der Waals surface area contributed by atoms with E-state index in [9.17, 15) is 0 Å². The summed E-state index contributed by atoms with van der Waals surface area (Å²) in [5.41, 5.74) is 6.11. The van der Waals surface area contributed by atoms with Gasteiger partial charge in [0.05, 0.1) is 6.10 Å². The Morgan fingerprint density at radius 1 is 1.50 bits per heavy atom. The third kappa shape index (κ3) is 1.99. The van der Waals surface area contributed by atoms with E-state index in [-0.39, 0.29) is 0 Å². The van der Waals surface area contributed by atoms with Crippen LogP contribution in [0.3, 0.4) is 0 Å². The van der Waals surface area contributed by atoms with Gasteiger partial charge in [0, 0.05) is 18.6 Å². The van der Waals surface area contributed by atoms with Gasteiger partial charge in [0.15, 0.2) is 0 Å². The van der Waals surface area contributed by atoms with E-state index in [2.05, 4.69) is 20.8 Å². The Kier molecular flexibility index (Phi) is 3.53. The molecule has 12 heavy (non-hydrogen) atoms. The molecule has 0 saturated carbocycles. The van der Waals surface area contributed by atoms with Gasteiger partial charge in [-0.3, -0.25) is 0 Å². The Morgan fingerprint density at radius 3 is 2.67 bits per heavy atom. The van der Waals surface area contributed by atoms with Crippen LogP contribution in [0.4, 0.5) is 0 Å². The molecule has 1 saturated heterocycles. The fourth-order valence-corrected chi connectivity index (χ4v) is 2.02. The number of hydrogen-bond acceptors (Lipinski definition) is 2. The summed E-state index contributed by atoms with van der Waals surface area (Å²) in [6.07, 6.45) is 2.67. The van der Waals surface area contributed by atoms with Crippen molar-refractivity contribution >= 4 is 0 Å². The standard InChI is InChI=1S/C10H21NO/c1-4-9-8(5-6-12-9)10(11)7(2)3/h7-10H,4-6,11H2,1-3H3. The first-order valence-electron chi connectivity index (χ1n) is 5.04. The molecule has 2 heteroatoms. The average Bonchev–Trinajstić information content (AvgIpc) is 2.49. The third-order valence-corrected chi connectivity index (χ3v) is 2.93. The molecule has 1 aliphatic heterocycles. The SMILES string of the molecule is CCC1OCCC1C(N)C(C)C. The molecule has 2 N–H and O–H groups in total. The fraction of sp³-hybridized carbons (Fsp3) is 1.00. The third-order valence-electron chi connectivity index (χ3n) is 2.93. The molecule has 1 fully saturated rings. The van der Waals surface area contributed by atoms with Crippen molar-refractivity contribution in [3.8, 4) is 0 Å². The predicted molar refractivity (Wildman–Crippen MR) is 51.0 cm³/mol. The monoisotopic (exact) mass is 171 g/mol. The van der Waals surface area contributed by atoms with Crippen LogP contribution in [0.1, 0.15) is 33.6 Å². The lowest BCUT2D eigenvalue weighted by Gasteiger charge is -2.26. The Balaban J connectivity index is 2.49. The topological polar surface area (TPSA) is 35.2 Å². The minimum atomic E-state index is 0.317. The highest BCUT2D eigenvalue weighted by Gasteiger charge is 2.32. The van der Waals surface area contributed by atoms with E-state index in [4.69, 9.17) is 10.5 Å². The molecular formula is C10H21NO. The van der Waals surface area contributed by atoms with Gasteiger partial charge in [0.1, 0.15) is 0 Å². The van der Waals surface area contributed by atoms with Gasteiger partial charge in [0.25, 0.3) is 0 Å². The maximum absolute atomic E-state index is 6.11. The quantitative estimate of drug-likeness (QED) is 0.702. The molecule has 0 aliphatic carbocycles. The van der Waals surface area contributed by atoms with E-state index in [0.29, 0.717) is 24.0 Å². The van der Waals surface area contributed by atoms with Crippen LogP contribution >= 0.6 is 0 Å². The Labute approximate surface area is 75.5 Å². The van der Waals surface area contributed by atoms with Crippen LogP contribution in [0, 0.1) is 11.8 Å². The molecule has 0 aromatic carbocycles. The summed E-state index contributed by atoms with van der Waals surface area (Å²) in [7, 11) is 0. The zero-order valence-corrected chi connectivity index (χ0v) is 8.42. The molecule has 2 nitrogen and oxygen atoms in total. The highest BCUT2D eigenvalue weighted by Crippen LogP contribution is 2.28. The van der Waals surface area contributed by atoms with Gasteiger partial charge in [-0.25, -0.2) is 0 Å². The second-order valence-corrected chi connectivity index (χ2v) is 4.09. The summed E-state index contributed by atoms with van der Waals surface area (Å²) in [6, 6.07) is 0.317. The molecule has 0 aromatic rings. The number of hydrogen-bond donors (Lipinski definition) is 1. The largest absolute Gasteiger partial charge is 0.378 e. The molecule has 72 valence electrons. The highest BCUT2D eigenvalue weighted by molar-refractivity contribution is 4.85. The van der Waals surface area contributed by atoms with Crippen molar-refractivity contribution in [2.45, 2.75) is 45.8 Å². The van der Waals surface area contributed by atoms with E-state index in [1.807, 2.05) is 0 Å². The second-order valence-electron chi connectivity index (χ2n) is 4.09. The van der Waals surface area contributed by atoms with E-state index in [0.717, 1.165) is 19.4 Å². The van der Waals surface area contributed by atoms with Gasteiger partial charge in [0.2, 0.25) is 0 Å². The summed E-state index contributed by atoms with van der Waals surface area (Å²) in [6.45, 7) is 7.46. The molecule has 3 atom stereocenters. The maximum atomic E-state index is 6.11. The summed E-state index contributed by atoms with van der Waals surface area (Å²) in [5, 5.41) is 0. The zero-order chi connectivity index (χ0) is 9.14. The molecule has 0 spiro atoms. The lowest BCUT2D eigenvalue weighted by molar-refractivity contribution is 0.0769. The Bertz CT molecular complexity index is 136. The van der Waals surface area contributed by atoms with Crippen LogP contribution in [0.5, 0.6) is 0 Å². The molecule has 1 aliphatic rings.